The van der Waals surface area contributed by atoms with E-state index in [1.165, 1.54) is 0 Å². The lowest BCUT2D eigenvalue weighted by Gasteiger charge is -2.23. The van der Waals surface area contributed by atoms with Gasteiger partial charge in [0.2, 0.25) is 0 Å². The predicted octanol–water partition coefficient (Wildman–Crippen LogP) is 2.43. The van der Waals surface area contributed by atoms with E-state index < -0.39 is 11.7 Å². The summed E-state index contributed by atoms with van der Waals surface area (Å²) in [5.41, 5.74) is -0.0267. The summed E-state index contributed by atoms with van der Waals surface area (Å²) in [5, 5.41) is 0. The highest BCUT2D eigenvalue weighted by Crippen LogP contribution is 2.24. The molecule has 84 valence electrons. The van der Waals surface area contributed by atoms with Gasteiger partial charge in [-0.1, -0.05) is 15.9 Å². The summed E-state index contributed by atoms with van der Waals surface area (Å²) < 4.78 is 5.84. The van der Waals surface area contributed by atoms with Crippen molar-refractivity contribution in [2.75, 3.05) is 6.54 Å². The SMILES string of the molecule is CC1=C(Br)CN(C(=O)OC(C)(C)C)C1=O. The second kappa shape index (κ2) is 3.96. The minimum absolute atomic E-state index is 0.263. The van der Waals surface area contributed by atoms with Gasteiger partial charge in [-0.15, -0.1) is 0 Å². The van der Waals surface area contributed by atoms with Crippen LogP contribution in [0.1, 0.15) is 27.7 Å². The first-order valence-corrected chi connectivity index (χ1v) is 5.42. The lowest BCUT2D eigenvalue weighted by atomic mass is 10.2. The monoisotopic (exact) mass is 275 g/mol. The molecule has 0 N–H and O–H groups in total. The molecule has 2 amide bonds. The van der Waals surface area contributed by atoms with Crippen LogP contribution in [0.4, 0.5) is 4.79 Å². The zero-order chi connectivity index (χ0) is 11.8. The molecular weight excluding hydrogens is 262 g/mol. The first-order chi connectivity index (χ1) is 6.72. The van der Waals surface area contributed by atoms with Crippen molar-refractivity contribution in [3.8, 4) is 0 Å². The number of hydrogen-bond donors (Lipinski definition) is 0. The summed E-state index contributed by atoms with van der Waals surface area (Å²) >= 11 is 3.24. The molecule has 0 spiro atoms. The Labute approximate surface area is 97.4 Å². The van der Waals surface area contributed by atoms with Gasteiger partial charge in [0.25, 0.3) is 5.91 Å². The van der Waals surface area contributed by atoms with Crippen molar-refractivity contribution in [1.29, 1.82) is 0 Å². The largest absolute Gasteiger partial charge is 0.443 e. The van der Waals surface area contributed by atoms with Crippen LogP contribution < -0.4 is 0 Å². The lowest BCUT2D eigenvalue weighted by molar-refractivity contribution is -0.124. The van der Waals surface area contributed by atoms with Crippen LogP contribution in [0.25, 0.3) is 0 Å². The van der Waals surface area contributed by atoms with Gasteiger partial charge in [-0.25, -0.2) is 9.69 Å². The van der Waals surface area contributed by atoms with E-state index >= 15 is 0 Å². The molecule has 4 nitrogen and oxygen atoms in total. The molecule has 0 fully saturated rings. The van der Waals surface area contributed by atoms with E-state index in [0.29, 0.717) is 5.57 Å². The molecule has 5 heteroatoms. The van der Waals surface area contributed by atoms with Gasteiger partial charge in [0, 0.05) is 10.1 Å². The molecule has 0 aromatic carbocycles. The van der Waals surface area contributed by atoms with Gasteiger partial charge < -0.3 is 4.74 Å². The van der Waals surface area contributed by atoms with E-state index in [1.807, 2.05) is 0 Å². The molecule has 1 rings (SSSR count). The molecule has 0 bridgehead atoms. The smallest absolute Gasteiger partial charge is 0.417 e. The first kappa shape index (κ1) is 12.2. The third-order valence-corrected chi connectivity index (χ3v) is 2.73. The summed E-state index contributed by atoms with van der Waals surface area (Å²) in [5.74, 6) is -0.295. The molecule has 0 aromatic rings. The van der Waals surface area contributed by atoms with E-state index in [9.17, 15) is 9.59 Å². The Morgan fingerprint density at radius 1 is 1.47 bits per heavy atom. The predicted molar refractivity (Wildman–Crippen MR) is 59.6 cm³/mol. The fourth-order valence-corrected chi connectivity index (χ4v) is 1.53. The number of hydrogen-bond acceptors (Lipinski definition) is 3. The van der Waals surface area contributed by atoms with Crippen LogP contribution in [0.3, 0.4) is 0 Å². The molecule has 0 unspecified atom stereocenters. The van der Waals surface area contributed by atoms with Crippen molar-refractivity contribution in [2.45, 2.75) is 33.3 Å². The average molecular weight is 276 g/mol. The van der Waals surface area contributed by atoms with Crippen LogP contribution >= 0.6 is 15.9 Å². The minimum atomic E-state index is -0.596. The fourth-order valence-electron chi connectivity index (χ4n) is 1.11. The second-order valence-corrected chi connectivity index (χ2v) is 5.36. The van der Waals surface area contributed by atoms with Crippen molar-refractivity contribution in [2.24, 2.45) is 0 Å². The van der Waals surface area contributed by atoms with Crippen LogP contribution in [0.2, 0.25) is 0 Å². The van der Waals surface area contributed by atoms with Crippen LogP contribution in [0.5, 0.6) is 0 Å². The molecule has 0 atom stereocenters. The van der Waals surface area contributed by atoms with Crippen LogP contribution in [-0.4, -0.2) is 29.0 Å². The first-order valence-electron chi connectivity index (χ1n) is 4.62. The number of amides is 2. The number of carbonyl (C=O) groups excluding carboxylic acids is 2. The third-order valence-electron chi connectivity index (χ3n) is 1.88. The maximum absolute atomic E-state index is 11.6. The highest BCUT2D eigenvalue weighted by molar-refractivity contribution is 9.11. The normalized spacial score (nSPS) is 17.4. The van der Waals surface area contributed by atoms with Gasteiger partial charge in [-0.05, 0) is 27.7 Å². The van der Waals surface area contributed by atoms with Crippen LogP contribution in [-0.2, 0) is 9.53 Å². The molecule has 0 radical (unpaired) electrons. The molecule has 15 heavy (non-hydrogen) atoms. The molecule has 1 aliphatic rings. The molecule has 0 aliphatic carbocycles. The topological polar surface area (TPSA) is 46.6 Å². The molecule has 0 saturated heterocycles. The molecule has 1 aliphatic heterocycles. The highest BCUT2D eigenvalue weighted by Gasteiger charge is 2.33. The number of nitrogens with zero attached hydrogens (tertiary/aromatic N) is 1. The van der Waals surface area contributed by atoms with E-state index in [0.717, 1.165) is 9.38 Å². The Kier molecular flexibility index (Phi) is 3.23. The average Bonchev–Trinajstić information content (AvgIpc) is 2.30. The van der Waals surface area contributed by atoms with E-state index in [1.54, 1.807) is 27.7 Å². The number of rotatable bonds is 0. The Morgan fingerprint density at radius 3 is 2.33 bits per heavy atom. The van der Waals surface area contributed by atoms with Crippen molar-refractivity contribution in [3.63, 3.8) is 0 Å². The van der Waals surface area contributed by atoms with Crippen molar-refractivity contribution in [1.82, 2.24) is 4.90 Å². The zero-order valence-electron chi connectivity index (χ0n) is 9.26. The van der Waals surface area contributed by atoms with Gasteiger partial charge in [0.15, 0.2) is 0 Å². The number of imide groups is 1. The lowest BCUT2D eigenvalue weighted by Crippen LogP contribution is -2.38. The Bertz CT molecular complexity index is 341. The molecule has 1 heterocycles. The van der Waals surface area contributed by atoms with Gasteiger partial charge in [0.1, 0.15) is 5.60 Å². The van der Waals surface area contributed by atoms with Crippen molar-refractivity contribution in [3.05, 3.63) is 10.1 Å². The van der Waals surface area contributed by atoms with E-state index in [4.69, 9.17) is 4.74 Å². The Hall–Kier alpha value is -0.840. The molecule has 0 aromatic heterocycles. The summed E-state index contributed by atoms with van der Waals surface area (Å²) in [7, 11) is 0. The van der Waals surface area contributed by atoms with E-state index in [2.05, 4.69) is 15.9 Å². The van der Waals surface area contributed by atoms with Gasteiger partial charge in [0.05, 0.1) is 6.54 Å². The van der Waals surface area contributed by atoms with Crippen LogP contribution in [0, 0.1) is 0 Å². The summed E-state index contributed by atoms with van der Waals surface area (Å²) in [6, 6.07) is 0. The maximum atomic E-state index is 11.6. The number of carbonyl (C=O) groups is 2. The number of halogens is 1. The van der Waals surface area contributed by atoms with E-state index in [-0.39, 0.29) is 12.5 Å². The second-order valence-electron chi connectivity index (χ2n) is 4.40. The standard InChI is InChI=1S/C10H14BrNO3/c1-6-7(11)5-12(8(6)13)9(14)15-10(2,3)4/h5H2,1-4H3. The summed E-state index contributed by atoms with van der Waals surface area (Å²) in [6.07, 6.45) is -0.596. The number of ether oxygens (including phenoxy) is 1. The highest BCUT2D eigenvalue weighted by atomic mass is 79.9. The van der Waals surface area contributed by atoms with Gasteiger partial charge in [-0.3, -0.25) is 4.79 Å². The Morgan fingerprint density at radius 2 is 2.00 bits per heavy atom. The van der Waals surface area contributed by atoms with Crippen molar-refractivity contribution >= 4 is 27.9 Å². The maximum Gasteiger partial charge on any atom is 0.417 e. The Balaban J connectivity index is 2.71. The summed E-state index contributed by atoms with van der Waals surface area (Å²) in [6.45, 7) is 7.23. The quantitative estimate of drug-likeness (QED) is 0.682. The van der Waals surface area contributed by atoms with Crippen molar-refractivity contribution < 1.29 is 14.3 Å². The zero-order valence-corrected chi connectivity index (χ0v) is 10.8. The minimum Gasteiger partial charge on any atom is -0.443 e. The van der Waals surface area contributed by atoms with Crippen LogP contribution in [0.15, 0.2) is 10.1 Å². The summed E-state index contributed by atoms with van der Waals surface area (Å²) in [4.78, 5) is 24.3. The van der Waals surface area contributed by atoms with Gasteiger partial charge >= 0.3 is 6.09 Å². The fraction of sp³-hybridized carbons (Fsp3) is 0.600. The molecular formula is C10H14BrNO3. The molecule has 0 saturated carbocycles. The third kappa shape index (κ3) is 2.81. The van der Waals surface area contributed by atoms with Gasteiger partial charge in [-0.2, -0.15) is 0 Å².